The number of rotatable bonds is 5. The Kier molecular flexibility index (Phi) is 3.49. The summed E-state index contributed by atoms with van der Waals surface area (Å²) in [5.74, 6) is 5.72. The van der Waals surface area contributed by atoms with Gasteiger partial charge >= 0.3 is 0 Å². The Bertz CT molecular complexity index is 698. The highest BCUT2D eigenvalue weighted by Gasteiger charge is 2.16. The molecule has 0 aliphatic rings. The van der Waals surface area contributed by atoms with Crippen LogP contribution in [0.2, 0.25) is 0 Å². The zero-order valence-electron chi connectivity index (χ0n) is 11.4. The molecule has 1 unspecified atom stereocenters. The van der Waals surface area contributed by atoms with Crippen molar-refractivity contribution < 1.29 is 0 Å². The van der Waals surface area contributed by atoms with Gasteiger partial charge in [0.15, 0.2) is 0 Å². The fourth-order valence-corrected chi connectivity index (χ4v) is 2.49. The average molecular weight is 270 g/mol. The number of benzene rings is 1. The second-order valence-corrected chi connectivity index (χ2v) is 4.68. The Labute approximate surface area is 117 Å². The minimum Gasteiger partial charge on any atom is -0.329 e. The predicted molar refractivity (Wildman–Crippen MR) is 77.7 cm³/mol. The fourth-order valence-electron chi connectivity index (χ4n) is 2.49. The van der Waals surface area contributed by atoms with Crippen molar-refractivity contribution in [3.05, 3.63) is 48.5 Å². The molecule has 0 bridgehead atoms. The maximum atomic E-state index is 5.72. The second kappa shape index (κ2) is 5.44. The lowest BCUT2D eigenvalue weighted by Gasteiger charge is -2.18. The first-order chi connectivity index (χ1) is 9.83. The van der Waals surface area contributed by atoms with E-state index in [1.165, 1.54) is 0 Å². The average Bonchev–Trinajstić information content (AvgIpc) is 3.11. The Balaban J connectivity index is 1.92. The van der Waals surface area contributed by atoms with Crippen LogP contribution in [0.1, 0.15) is 18.7 Å². The summed E-state index contributed by atoms with van der Waals surface area (Å²) in [5, 5.41) is 4.29. The van der Waals surface area contributed by atoms with Crippen LogP contribution in [0.3, 0.4) is 0 Å². The van der Waals surface area contributed by atoms with Gasteiger partial charge in [-0.05, 0) is 25.1 Å². The van der Waals surface area contributed by atoms with Gasteiger partial charge in [0, 0.05) is 19.3 Å². The lowest BCUT2D eigenvalue weighted by molar-refractivity contribution is 0.442. The van der Waals surface area contributed by atoms with Crippen molar-refractivity contribution >= 4 is 11.0 Å². The summed E-state index contributed by atoms with van der Waals surface area (Å²) in [7, 11) is 0. The highest BCUT2D eigenvalue weighted by Crippen LogP contribution is 2.18. The summed E-state index contributed by atoms with van der Waals surface area (Å²) >= 11 is 0. The van der Waals surface area contributed by atoms with E-state index in [9.17, 15) is 0 Å². The van der Waals surface area contributed by atoms with Crippen molar-refractivity contribution in [2.75, 3.05) is 0 Å². The lowest BCUT2D eigenvalue weighted by Crippen LogP contribution is -2.32. The van der Waals surface area contributed by atoms with E-state index >= 15 is 0 Å². The molecule has 0 saturated carbocycles. The fraction of sp³-hybridized carbons (Fsp3) is 0.286. The third-order valence-electron chi connectivity index (χ3n) is 3.51. The summed E-state index contributed by atoms with van der Waals surface area (Å²) in [4.78, 5) is 4.40. The van der Waals surface area contributed by atoms with Crippen LogP contribution in [0.5, 0.6) is 0 Å². The van der Waals surface area contributed by atoms with Gasteiger partial charge in [-0.2, -0.15) is 5.10 Å². The summed E-state index contributed by atoms with van der Waals surface area (Å²) in [6.45, 7) is 3.60. The van der Waals surface area contributed by atoms with Crippen LogP contribution in [0.4, 0.5) is 0 Å². The molecule has 0 amide bonds. The molecule has 2 heterocycles. The zero-order chi connectivity index (χ0) is 13.9. The molecule has 0 radical (unpaired) electrons. The van der Waals surface area contributed by atoms with Crippen molar-refractivity contribution in [2.45, 2.75) is 26.1 Å². The SMILES string of the molecule is CCn1nccc1C(Cn1cnc2ccccc21)NN. The maximum absolute atomic E-state index is 5.72. The summed E-state index contributed by atoms with van der Waals surface area (Å²) in [6, 6.07) is 10.1. The van der Waals surface area contributed by atoms with Gasteiger partial charge in [-0.15, -0.1) is 0 Å². The van der Waals surface area contributed by atoms with Crippen LogP contribution >= 0.6 is 0 Å². The molecule has 2 aromatic heterocycles. The van der Waals surface area contributed by atoms with Crippen molar-refractivity contribution in [3.8, 4) is 0 Å². The van der Waals surface area contributed by atoms with Crippen LogP contribution in [0.15, 0.2) is 42.9 Å². The first-order valence-corrected chi connectivity index (χ1v) is 6.71. The quantitative estimate of drug-likeness (QED) is 0.544. The molecule has 0 aliphatic heterocycles. The number of fused-ring (bicyclic) bond motifs is 1. The molecule has 0 saturated heterocycles. The Hall–Kier alpha value is -2.18. The van der Waals surface area contributed by atoms with Gasteiger partial charge in [0.25, 0.3) is 0 Å². The number of aryl methyl sites for hydroxylation is 1. The lowest BCUT2D eigenvalue weighted by atomic mass is 10.2. The maximum Gasteiger partial charge on any atom is 0.0958 e. The normalized spacial score (nSPS) is 12.9. The molecule has 0 spiro atoms. The minimum atomic E-state index is -0.00458. The van der Waals surface area contributed by atoms with E-state index in [0.717, 1.165) is 23.3 Å². The summed E-state index contributed by atoms with van der Waals surface area (Å²) in [6.07, 6.45) is 3.65. The molecule has 3 N–H and O–H groups in total. The molecule has 3 rings (SSSR count). The number of para-hydroxylation sites is 2. The molecule has 1 atom stereocenters. The van der Waals surface area contributed by atoms with E-state index in [-0.39, 0.29) is 6.04 Å². The molecule has 6 nitrogen and oxygen atoms in total. The Morgan fingerprint density at radius 3 is 2.95 bits per heavy atom. The monoisotopic (exact) mass is 270 g/mol. The molecule has 3 aromatic rings. The predicted octanol–water partition coefficient (Wildman–Crippen LogP) is 1.46. The van der Waals surface area contributed by atoms with Crippen LogP contribution in [0.25, 0.3) is 11.0 Å². The van der Waals surface area contributed by atoms with Gasteiger partial charge in [-0.3, -0.25) is 10.5 Å². The first-order valence-electron chi connectivity index (χ1n) is 6.71. The van der Waals surface area contributed by atoms with Crippen LogP contribution in [-0.2, 0) is 13.1 Å². The molecule has 20 heavy (non-hydrogen) atoms. The van der Waals surface area contributed by atoms with Crippen LogP contribution in [-0.4, -0.2) is 19.3 Å². The molecule has 6 heteroatoms. The van der Waals surface area contributed by atoms with Gasteiger partial charge in [-0.25, -0.2) is 10.4 Å². The first kappa shape index (κ1) is 12.8. The number of nitrogens with zero attached hydrogens (tertiary/aromatic N) is 4. The second-order valence-electron chi connectivity index (χ2n) is 4.68. The molecule has 104 valence electrons. The topological polar surface area (TPSA) is 73.7 Å². The van der Waals surface area contributed by atoms with E-state index in [0.29, 0.717) is 6.54 Å². The van der Waals surface area contributed by atoms with Gasteiger partial charge in [0.1, 0.15) is 0 Å². The minimum absolute atomic E-state index is 0.00458. The molecule has 1 aromatic carbocycles. The van der Waals surface area contributed by atoms with Crippen molar-refractivity contribution in [3.63, 3.8) is 0 Å². The number of hydrazine groups is 1. The number of nitrogens with two attached hydrogens (primary N) is 1. The van der Waals surface area contributed by atoms with Crippen molar-refractivity contribution in [1.29, 1.82) is 0 Å². The van der Waals surface area contributed by atoms with Gasteiger partial charge < -0.3 is 4.57 Å². The van der Waals surface area contributed by atoms with Crippen LogP contribution in [0, 0.1) is 0 Å². The molecular formula is C14H18N6. The largest absolute Gasteiger partial charge is 0.329 e. The van der Waals surface area contributed by atoms with Gasteiger partial charge in [0.05, 0.1) is 29.1 Å². The molecule has 0 fully saturated rings. The number of imidazole rings is 1. The number of nitrogens with one attached hydrogen (secondary N) is 1. The summed E-state index contributed by atoms with van der Waals surface area (Å²) < 4.78 is 4.05. The number of aromatic nitrogens is 4. The van der Waals surface area contributed by atoms with Crippen molar-refractivity contribution in [2.24, 2.45) is 5.84 Å². The third-order valence-corrected chi connectivity index (χ3v) is 3.51. The summed E-state index contributed by atoms with van der Waals surface area (Å²) in [5.41, 5.74) is 6.05. The smallest absolute Gasteiger partial charge is 0.0958 e. The van der Waals surface area contributed by atoms with Gasteiger partial charge in [-0.1, -0.05) is 12.1 Å². The van der Waals surface area contributed by atoms with Crippen LogP contribution < -0.4 is 11.3 Å². The van der Waals surface area contributed by atoms with Gasteiger partial charge in [0.2, 0.25) is 0 Å². The van der Waals surface area contributed by atoms with E-state index < -0.39 is 0 Å². The van der Waals surface area contributed by atoms with E-state index in [4.69, 9.17) is 5.84 Å². The third kappa shape index (κ3) is 2.19. The number of hydrogen-bond acceptors (Lipinski definition) is 4. The number of hydrogen-bond donors (Lipinski definition) is 2. The highest BCUT2D eigenvalue weighted by molar-refractivity contribution is 5.74. The standard InChI is InChI=1S/C14H18N6/c1-2-20-14(7-8-17-20)12(18-15)9-19-10-16-11-5-3-4-6-13(11)19/h3-8,10,12,18H,2,9,15H2,1H3. The van der Waals surface area contributed by atoms with E-state index in [1.54, 1.807) is 6.20 Å². The molecular weight excluding hydrogens is 252 g/mol. The van der Waals surface area contributed by atoms with E-state index in [2.05, 4.69) is 33.1 Å². The Morgan fingerprint density at radius 2 is 2.15 bits per heavy atom. The Morgan fingerprint density at radius 1 is 1.30 bits per heavy atom. The van der Waals surface area contributed by atoms with E-state index in [1.807, 2.05) is 35.3 Å². The highest BCUT2D eigenvalue weighted by atomic mass is 15.3. The zero-order valence-corrected chi connectivity index (χ0v) is 11.4. The van der Waals surface area contributed by atoms with Crippen molar-refractivity contribution in [1.82, 2.24) is 24.8 Å². The molecule has 0 aliphatic carbocycles.